The molecule has 4 rings (SSSR count). The normalized spacial score (nSPS) is 14.9. The van der Waals surface area contributed by atoms with E-state index >= 15 is 0 Å². The molecule has 2 aromatic heterocycles. The molecule has 0 amide bonds. The number of fused-ring (bicyclic) bond motifs is 1. The maximum absolute atomic E-state index is 11.6. The van der Waals surface area contributed by atoms with Crippen LogP contribution in [0.3, 0.4) is 0 Å². The Hall–Kier alpha value is -2.44. The van der Waals surface area contributed by atoms with E-state index in [9.17, 15) is 9.90 Å². The zero-order valence-electron chi connectivity index (χ0n) is 12.9. The van der Waals surface area contributed by atoms with Gasteiger partial charge in [-0.2, -0.15) is 0 Å². The number of ether oxygens (including phenoxy) is 1. The molecule has 24 heavy (non-hydrogen) atoms. The summed E-state index contributed by atoms with van der Waals surface area (Å²) in [5.41, 5.74) is 1.05. The molecule has 0 radical (unpaired) electrons. The molecule has 0 aliphatic carbocycles. The van der Waals surface area contributed by atoms with Crippen LogP contribution in [0, 0.1) is 0 Å². The van der Waals surface area contributed by atoms with Crippen LogP contribution in [-0.2, 0) is 4.74 Å². The van der Waals surface area contributed by atoms with Crippen molar-refractivity contribution < 1.29 is 14.6 Å². The number of benzene rings is 1. The minimum absolute atomic E-state index is 0.238. The number of thiophene rings is 1. The third-order valence-corrected chi connectivity index (χ3v) is 5.23. The Morgan fingerprint density at radius 3 is 2.71 bits per heavy atom. The molecule has 6 heteroatoms. The second-order valence-electron chi connectivity index (χ2n) is 5.62. The number of aromatic carboxylic acids is 1. The lowest BCUT2D eigenvalue weighted by molar-refractivity contribution is 0.0696. The summed E-state index contributed by atoms with van der Waals surface area (Å²) in [4.78, 5) is 19.3. The summed E-state index contributed by atoms with van der Waals surface area (Å²) < 4.78 is 6.56. The van der Waals surface area contributed by atoms with Gasteiger partial charge in [-0.3, -0.25) is 0 Å². The molecule has 0 unspecified atom stereocenters. The number of anilines is 1. The van der Waals surface area contributed by atoms with Crippen LogP contribution in [0.15, 0.2) is 42.5 Å². The van der Waals surface area contributed by atoms with Gasteiger partial charge in [-0.15, -0.1) is 11.3 Å². The Balaban J connectivity index is 1.79. The molecule has 1 aliphatic heterocycles. The first-order valence-corrected chi connectivity index (χ1v) is 8.60. The SMILES string of the molecule is O=C(O)c1ccc(-c2cc3ccccc3s2)nc1N1CCOCC1. The van der Waals surface area contributed by atoms with Gasteiger partial charge in [-0.25, -0.2) is 9.78 Å². The Morgan fingerprint density at radius 1 is 1.17 bits per heavy atom. The number of carbonyl (C=O) groups is 1. The fourth-order valence-corrected chi connectivity index (χ4v) is 3.91. The van der Waals surface area contributed by atoms with E-state index in [1.54, 1.807) is 23.5 Å². The van der Waals surface area contributed by atoms with Gasteiger partial charge in [-0.05, 0) is 29.7 Å². The van der Waals surface area contributed by atoms with Crippen molar-refractivity contribution in [2.24, 2.45) is 0 Å². The van der Waals surface area contributed by atoms with Crippen LogP contribution in [-0.4, -0.2) is 42.4 Å². The molecule has 0 bridgehead atoms. The lowest BCUT2D eigenvalue weighted by atomic mass is 10.2. The Morgan fingerprint density at radius 2 is 1.96 bits per heavy atom. The van der Waals surface area contributed by atoms with Gasteiger partial charge in [-0.1, -0.05) is 18.2 Å². The van der Waals surface area contributed by atoms with E-state index in [0.29, 0.717) is 32.1 Å². The third kappa shape index (κ3) is 2.74. The smallest absolute Gasteiger partial charge is 0.339 e. The molecule has 1 aromatic carbocycles. The molecular weight excluding hydrogens is 324 g/mol. The number of carboxylic acid groups (broad SMARTS) is 1. The van der Waals surface area contributed by atoms with Gasteiger partial charge in [0.25, 0.3) is 0 Å². The molecule has 3 aromatic rings. The van der Waals surface area contributed by atoms with Crippen LogP contribution < -0.4 is 4.90 Å². The highest BCUT2D eigenvalue weighted by Crippen LogP contribution is 2.34. The van der Waals surface area contributed by atoms with Gasteiger partial charge in [0.1, 0.15) is 11.4 Å². The summed E-state index contributed by atoms with van der Waals surface area (Å²) in [6.45, 7) is 2.49. The van der Waals surface area contributed by atoms with Crippen LogP contribution in [0.1, 0.15) is 10.4 Å². The first kappa shape index (κ1) is 15.1. The van der Waals surface area contributed by atoms with Gasteiger partial charge in [0.2, 0.25) is 0 Å². The number of nitrogens with zero attached hydrogens (tertiary/aromatic N) is 2. The van der Waals surface area contributed by atoms with E-state index in [0.717, 1.165) is 10.6 Å². The zero-order valence-corrected chi connectivity index (χ0v) is 13.8. The van der Waals surface area contributed by atoms with E-state index in [2.05, 4.69) is 23.2 Å². The standard InChI is InChI=1S/C18H16N2O3S/c21-18(22)13-5-6-14(19-17(13)20-7-9-23-10-8-20)16-11-12-3-1-2-4-15(12)24-16/h1-6,11H,7-10H2,(H,21,22). The second kappa shape index (κ2) is 6.22. The summed E-state index contributed by atoms with van der Waals surface area (Å²) in [6, 6.07) is 13.7. The minimum atomic E-state index is -0.952. The predicted molar refractivity (Wildman–Crippen MR) is 95.0 cm³/mol. The summed E-state index contributed by atoms with van der Waals surface area (Å²) in [5.74, 6) is -0.423. The quantitative estimate of drug-likeness (QED) is 0.791. The van der Waals surface area contributed by atoms with Crippen molar-refractivity contribution in [3.63, 3.8) is 0 Å². The Bertz CT molecular complexity index is 867. The van der Waals surface area contributed by atoms with Crippen LogP contribution in [0.2, 0.25) is 0 Å². The molecule has 5 nitrogen and oxygen atoms in total. The average molecular weight is 340 g/mol. The minimum Gasteiger partial charge on any atom is -0.478 e. The molecule has 1 N–H and O–H groups in total. The Kier molecular flexibility index (Phi) is 3.92. The summed E-state index contributed by atoms with van der Waals surface area (Å²) >= 11 is 1.67. The monoisotopic (exact) mass is 340 g/mol. The van der Waals surface area contributed by atoms with Crippen molar-refractivity contribution in [2.75, 3.05) is 31.2 Å². The highest BCUT2D eigenvalue weighted by atomic mass is 32.1. The van der Waals surface area contributed by atoms with Crippen molar-refractivity contribution in [3.05, 3.63) is 48.0 Å². The maximum Gasteiger partial charge on any atom is 0.339 e. The molecule has 0 spiro atoms. The number of rotatable bonds is 3. The van der Waals surface area contributed by atoms with Gasteiger partial charge in [0.05, 0.1) is 23.8 Å². The van der Waals surface area contributed by atoms with Crippen LogP contribution in [0.5, 0.6) is 0 Å². The van der Waals surface area contributed by atoms with E-state index < -0.39 is 5.97 Å². The van der Waals surface area contributed by atoms with Crippen molar-refractivity contribution in [2.45, 2.75) is 0 Å². The lowest BCUT2D eigenvalue weighted by Gasteiger charge is -2.29. The molecule has 1 saturated heterocycles. The first-order chi connectivity index (χ1) is 11.7. The number of carboxylic acids is 1. The predicted octanol–water partition coefficient (Wildman–Crippen LogP) is 3.50. The molecule has 0 saturated carbocycles. The highest BCUT2D eigenvalue weighted by molar-refractivity contribution is 7.22. The van der Waals surface area contributed by atoms with Crippen molar-refractivity contribution in [1.82, 2.24) is 4.98 Å². The average Bonchev–Trinajstić information content (AvgIpc) is 3.06. The summed E-state index contributed by atoms with van der Waals surface area (Å²) in [6.07, 6.45) is 0. The van der Waals surface area contributed by atoms with E-state index in [1.807, 2.05) is 17.0 Å². The fourth-order valence-electron chi connectivity index (χ4n) is 2.88. The van der Waals surface area contributed by atoms with Gasteiger partial charge < -0.3 is 14.7 Å². The molecular formula is C18H16N2O3S. The van der Waals surface area contributed by atoms with Crippen molar-refractivity contribution in [1.29, 1.82) is 0 Å². The number of morpholine rings is 1. The van der Waals surface area contributed by atoms with E-state index in [1.165, 1.54) is 10.1 Å². The summed E-state index contributed by atoms with van der Waals surface area (Å²) in [5, 5.41) is 10.7. The second-order valence-corrected chi connectivity index (χ2v) is 6.70. The fraction of sp³-hybridized carbons (Fsp3) is 0.222. The number of hydrogen-bond donors (Lipinski definition) is 1. The number of aromatic nitrogens is 1. The lowest BCUT2D eigenvalue weighted by Crippen LogP contribution is -2.37. The molecule has 3 heterocycles. The van der Waals surface area contributed by atoms with Gasteiger partial charge >= 0.3 is 5.97 Å². The van der Waals surface area contributed by atoms with Crippen LogP contribution >= 0.6 is 11.3 Å². The largest absolute Gasteiger partial charge is 0.478 e. The molecule has 1 aliphatic rings. The molecule has 1 fully saturated rings. The summed E-state index contributed by atoms with van der Waals surface area (Å²) in [7, 11) is 0. The van der Waals surface area contributed by atoms with Crippen molar-refractivity contribution >= 4 is 33.2 Å². The first-order valence-electron chi connectivity index (χ1n) is 7.78. The van der Waals surface area contributed by atoms with E-state index in [-0.39, 0.29) is 5.56 Å². The topological polar surface area (TPSA) is 62.7 Å². The van der Waals surface area contributed by atoms with Crippen molar-refractivity contribution in [3.8, 4) is 10.6 Å². The Labute approximate surface area is 143 Å². The van der Waals surface area contributed by atoms with Gasteiger partial charge in [0.15, 0.2) is 0 Å². The van der Waals surface area contributed by atoms with Gasteiger partial charge in [0, 0.05) is 17.8 Å². The molecule has 0 atom stereocenters. The molecule has 122 valence electrons. The highest BCUT2D eigenvalue weighted by Gasteiger charge is 2.21. The van der Waals surface area contributed by atoms with E-state index in [4.69, 9.17) is 4.74 Å². The number of pyridine rings is 1. The van der Waals surface area contributed by atoms with Crippen LogP contribution in [0.25, 0.3) is 20.7 Å². The maximum atomic E-state index is 11.6. The third-order valence-electron chi connectivity index (χ3n) is 4.09. The number of hydrogen-bond acceptors (Lipinski definition) is 5. The zero-order chi connectivity index (χ0) is 16.5. The van der Waals surface area contributed by atoms with Crippen LogP contribution in [0.4, 0.5) is 5.82 Å².